The predicted molar refractivity (Wildman–Crippen MR) is 81.8 cm³/mol. The molecule has 20 heavy (non-hydrogen) atoms. The van der Waals surface area contributed by atoms with Crippen LogP contribution in [0.25, 0.3) is 0 Å². The summed E-state index contributed by atoms with van der Waals surface area (Å²) < 4.78 is 0. The molecule has 1 aromatic rings. The van der Waals surface area contributed by atoms with E-state index in [0.717, 1.165) is 25.8 Å². The van der Waals surface area contributed by atoms with E-state index < -0.39 is 0 Å². The summed E-state index contributed by atoms with van der Waals surface area (Å²) in [5, 5.41) is 14.1. The lowest BCUT2D eigenvalue weighted by atomic mass is 10.0. The first kappa shape index (κ1) is 16.4. The van der Waals surface area contributed by atoms with Gasteiger partial charge in [0, 0.05) is 12.6 Å². The molecule has 5 nitrogen and oxygen atoms in total. The highest BCUT2D eigenvalue weighted by Gasteiger charge is 2.13. The molecule has 0 aliphatic rings. The Labute approximate surface area is 121 Å². The lowest BCUT2D eigenvalue weighted by Gasteiger charge is -2.17. The minimum atomic E-state index is -0.157. The third-order valence-electron chi connectivity index (χ3n) is 3.28. The largest absolute Gasteiger partial charge is 0.369 e. The zero-order chi connectivity index (χ0) is 15.0. The van der Waals surface area contributed by atoms with Crippen LogP contribution in [0.1, 0.15) is 57.4 Å². The van der Waals surface area contributed by atoms with Gasteiger partial charge in [-0.3, -0.25) is 4.79 Å². The maximum Gasteiger partial charge on any atom is 0.272 e. The van der Waals surface area contributed by atoms with Crippen molar-refractivity contribution >= 4 is 11.7 Å². The maximum absolute atomic E-state index is 12.0. The molecular weight excluding hydrogens is 252 g/mol. The van der Waals surface area contributed by atoms with Gasteiger partial charge in [-0.1, -0.05) is 27.2 Å². The Kier molecular flexibility index (Phi) is 6.98. The lowest BCUT2D eigenvalue weighted by Crippen LogP contribution is -2.34. The first-order valence-electron chi connectivity index (χ1n) is 7.45. The smallest absolute Gasteiger partial charge is 0.272 e. The molecule has 2 atom stereocenters. The fourth-order valence-electron chi connectivity index (χ4n) is 1.93. The van der Waals surface area contributed by atoms with Crippen molar-refractivity contribution in [2.24, 2.45) is 5.92 Å². The second kappa shape index (κ2) is 8.51. The van der Waals surface area contributed by atoms with E-state index in [1.54, 1.807) is 12.1 Å². The number of hydrogen-bond donors (Lipinski definition) is 2. The van der Waals surface area contributed by atoms with Crippen LogP contribution in [0.15, 0.2) is 12.1 Å². The molecule has 1 heterocycles. The van der Waals surface area contributed by atoms with E-state index >= 15 is 0 Å². The normalized spacial score (nSPS) is 13.6. The third-order valence-corrected chi connectivity index (χ3v) is 3.28. The Morgan fingerprint density at radius 2 is 2.00 bits per heavy atom. The van der Waals surface area contributed by atoms with Gasteiger partial charge in [0.05, 0.1) is 0 Å². The summed E-state index contributed by atoms with van der Waals surface area (Å²) in [6, 6.07) is 3.64. The van der Waals surface area contributed by atoms with Crippen molar-refractivity contribution in [1.82, 2.24) is 15.5 Å². The van der Waals surface area contributed by atoms with Crippen LogP contribution in [-0.2, 0) is 0 Å². The van der Waals surface area contributed by atoms with Gasteiger partial charge in [-0.05, 0) is 37.8 Å². The van der Waals surface area contributed by atoms with E-state index in [4.69, 9.17) is 0 Å². The van der Waals surface area contributed by atoms with Crippen LogP contribution < -0.4 is 10.6 Å². The first-order chi connectivity index (χ1) is 9.56. The van der Waals surface area contributed by atoms with Crippen LogP contribution >= 0.6 is 0 Å². The molecule has 0 bridgehead atoms. The van der Waals surface area contributed by atoms with Crippen LogP contribution in [0.2, 0.25) is 0 Å². The molecular formula is C15H26N4O. The van der Waals surface area contributed by atoms with Crippen molar-refractivity contribution in [1.29, 1.82) is 0 Å². The molecule has 112 valence electrons. The molecule has 0 aliphatic heterocycles. The molecule has 2 N–H and O–H groups in total. The zero-order valence-electron chi connectivity index (χ0n) is 12.9. The molecule has 0 aromatic carbocycles. The Morgan fingerprint density at radius 1 is 1.25 bits per heavy atom. The second-order valence-electron chi connectivity index (χ2n) is 5.35. The highest BCUT2D eigenvalue weighted by atomic mass is 16.2. The van der Waals surface area contributed by atoms with E-state index in [2.05, 4.69) is 41.6 Å². The SMILES string of the molecule is CCCNc1ccc(C(=O)NC(C)CC(C)CC)nn1. The van der Waals surface area contributed by atoms with Crippen molar-refractivity contribution in [2.75, 3.05) is 11.9 Å². The highest BCUT2D eigenvalue weighted by molar-refractivity contribution is 5.92. The van der Waals surface area contributed by atoms with Gasteiger partial charge in [0.2, 0.25) is 0 Å². The Balaban J connectivity index is 2.50. The molecule has 0 saturated carbocycles. The highest BCUT2D eigenvalue weighted by Crippen LogP contribution is 2.10. The van der Waals surface area contributed by atoms with E-state index in [9.17, 15) is 4.79 Å². The number of carbonyl (C=O) groups excluding carboxylic acids is 1. The van der Waals surface area contributed by atoms with Crippen LogP contribution in [0.4, 0.5) is 5.82 Å². The fourth-order valence-corrected chi connectivity index (χ4v) is 1.93. The molecule has 0 spiro atoms. The van der Waals surface area contributed by atoms with Crippen LogP contribution in [0.3, 0.4) is 0 Å². The third kappa shape index (κ3) is 5.55. The summed E-state index contributed by atoms with van der Waals surface area (Å²) in [5.74, 6) is 1.16. The van der Waals surface area contributed by atoms with Crippen molar-refractivity contribution in [3.63, 3.8) is 0 Å². The van der Waals surface area contributed by atoms with Gasteiger partial charge in [0.25, 0.3) is 5.91 Å². The van der Waals surface area contributed by atoms with E-state index in [1.165, 1.54) is 0 Å². The number of aromatic nitrogens is 2. The van der Waals surface area contributed by atoms with Gasteiger partial charge >= 0.3 is 0 Å². The van der Waals surface area contributed by atoms with Gasteiger partial charge in [0.1, 0.15) is 5.82 Å². The summed E-state index contributed by atoms with van der Waals surface area (Å²) in [4.78, 5) is 12.0. The Hall–Kier alpha value is -1.65. The summed E-state index contributed by atoms with van der Waals surface area (Å²) in [6.07, 6.45) is 3.13. The van der Waals surface area contributed by atoms with Crippen molar-refractivity contribution in [3.8, 4) is 0 Å². The lowest BCUT2D eigenvalue weighted by molar-refractivity contribution is 0.0929. The van der Waals surface area contributed by atoms with E-state index in [-0.39, 0.29) is 11.9 Å². The van der Waals surface area contributed by atoms with Crippen molar-refractivity contribution < 1.29 is 4.79 Å². The molecule has 1 rings (SSSR count). The van der Waals surface area contributed by atoms with Gasteiger partial charge < -0.3 is 10.6 Å². The number of amides is 1. The average Bonchev–Trinajstić information content (AvgIpc) is 2.45. The number of nitrogens with one attached hydrogen (secondary N) is 2. The minimum Gasteiger partial charge on any atom is -0.369 e. The number of carbonyl (C=O) groups is 1. The number of nitrogens with zero attached hydrogens (tertiary/aromatic N) is 2. The summed E-state index contributed by atoms with van der Waals surface area (Å²) in [7, 11) is 0. The first-order valence-corrected chi connectivity index (χ1v) is 7.45. The van der Waals surface area contributed by atoms with Crippen molar-refractivity contribution in [2.45, 2.75) is 53.0 Å². The van der Waals surface area contributed by atoms with Crippen LogP contribution in [0, 0.1) is 5.92 Å². The molecule has 1 aromatic heterocycles. The van der Waals surface area contributed by atoms with Crippen molar-refractivity contribution in [3.05, 3.63) is 17.8 Å². The van der Waals surface area contributed by atoms with Gasteiger partial charge in [-0.15, -0.1) is 10.2 Å². The Morgan fingerprint density at radius 3 is 2.55 bits per heavy atom. The standard InChI is InChI=1S/C15H26N4O/c1-5-9-16-14-8-7-13(18-19-14)15(20)17-12(4)10-11(3)6-2/h7-8,11-12H,5-6,9-10H2,1-4H3,(H,16,19)(H,17,20). The van der Waals surface area contributed by atoms with E-state index in [1.807, 2.05) is 6.92 Å². The number of anilines is 1. The monoisotopic (exact) mass is 278 g/mol. The summed E-state index contributed by atoms with van der Waals surface area (Å²) >= 11 is 0. The van der Waals surface area contributed by atoms with Gasteiger partial charge in [0.15, 0.2) is 5.69 Å². The quantitative estimate of drug-likeness (QED) is 0.767. The van der Waals surface area contributed by atoms with Crippen LogP contribution in [0.5, 0.6) is 0 Å². The summed E-state index contributed by atoms with van der Waals surface area (Å²) in [5.41, 5.74) is 0.364. The molecule has 0 radical (unpaired) electrons. The topological polar surface area (TPSA) is 66.9 Å². The molecule has 0 fully saturated rings. The zero-order valence-corrected chi connectivity index (χ0v) is 12.9. The minimum absolute atomic E-state index is 0.150. The fraction of sp³-hybridized carbons (Fsp3) is 0.667. The molecule has 5 heteroatoms. The predicted octanol–water partition coefficient (Wildman–Crippen LogP) is 2.85. The van der Waals surface area contributed by atoms with E-state index in [0.29, 0.717) is 17.4 Å². The molecule has 0 aliphatic carbocycles. The van der Waals surface area contributed by atoms with Gasteiger partial charge in [-0.2, -0.15) is 0 Å². The Bertz CT molecular complexity index is 405. The van der Waals surface area contributed by atoms with Crippen LogP contribution in [-0.4, -0.2) is 28.7 Å². The molecule has 1 amide bonds. The summed E-state index contributed by atoms with van der Waals surface area (Å²) in [6.45, 7) is 9.31. The van der Waals surface area contributed by atoms with Gasteiger partial charge in [-0.25, -0.2) is 0 Å². The number of hydrogen-bond acceptors (Lipinski definition) is 4. The maximum atomic E-state index is 12.0. The molecule has 0 saturated heterocycles. The number of rotatable bonds is 8. The average molecular weight is 278 g/mol. The molecule has 2 unspecified atom stereocenters. The second-order valence-corrected chi connectivity index (χ2v) is 5.35.